The maximum atomic E-state index is 11.3. The van der Waals surface area contributed by atoms with Crippen LogP contribution in [-0.4, -0.2) is 35.6 Å². The molecule has 2 heterocycles. The Kier molecular flexibility index (Phi) is 2.73. The Morgan fingerprint density at radius 2 is 2.40 bits per heavy atom. The average Bonchev–Trinajstić information content (AvgIpc) is 2.16. The Bertz CT molecular complexity index is 401. The van der Waals surface area contributed by atoms with Crippen LogP contribution in [0.5, 0.6) is 0 Å². The fraction of sp³-hybridized carbons (Fsp3) is 0.600. The van der Waals surface area contributed by atoms with Gasteiger partial charge in [0.15, 0.2) is 0 Å². The highest BCUT2D eigenvalue weighted by Gasteiger charge is 2.17. The normalized spacial score (nSPS) is 21.7. The molecule has 1 fully saturated rings. The van der Waals surface area contributed by atoms with Gasteiger partial charge in [-0.05, 0) is 13.8 Å². The number of nitrogens with one attached hydrogen (secondary N) is 2. The lowest BCUT2D eigenvalue weighted by atomic mass is 10.2. The summed E-state index contributed by atoms with van der Waals surface area (Å²) in [6, 6.07) is 1.94. The lowest BCUT2D eigenvalue weighted by Crippen LogP contribution is -2.50. The van der Waals surface area contributed by atoms with Gasteiger partial charge in [0.25, 0.3) is 5.56 Å². The number of anilines is 1. The molecule has 1 unspecified atom stereocenters. The Morgan fingerprint density at radius 1 is 1.60 bits per heavy atom. The number of H-pyrrole nitrogens is 1. The van der Waals surface area contributed by atoms with E-state index >= 15 is 0 Å². The molecule has 1 atom stereocenters. The maximum Gasteiger partial charge on any atom is 0.252 e. The van der Waals surface area contributed by atoms with Crippen molar-refractivity contribution in [2.45, 2.75) is 19.9 Å². The fourth-order valence-electron chi connectivity index (χ4n) is 1.84. The maximum absolute atomic E-state index is 11.3. The average molecular weight is 208 g/mol. The number of piperazine rings is 1. The van der Waals surface area contributed by atoms with Crippen molar-refractivity contribution in [3.8, 4) is 0 Å². The largest absolute Gasteiger partial charge is 0.340 e. The van der Waals surface area contributed by atoms with Crippen LogP contribution >= 0.6 is 0 Å². The van der Waals surface area contributed by atoms with Crippen molar-refractivity contribution < 1.29 is 0 Å². The van der Waals surface area contributed by atoms with Crippen LogP contribution in [0.25, 0.3) is 0 Å². The third-order valence-corrected chi connectivity index (χ3v) is 2.53. The van der Waals surface area contributed by atoms with Crippen molar-refractivity contribution in [3.05, 3.63) is 22.1 Å². The highest BCUT2D eigenvalue weighted by atomic mass is 16.1. The van der Waals surface area contributed by atoms with E-state index in [1.165, 1.54) is 6.07 Å². The zero-order chi connectivity index (χ0) is 10.8. The first-order valence-corrected chi connectivity index (χ1v) is 5.21. The molecular formula is C10H16N4O. The van der Waals surface area contributed by atoms with Crippen molar-refractivity contribution in [1.29, 1.82) is 0 Å². The van der Waals surface area contributed by atoms with Crippen LogP contribution in [0.1, 0.15) is 12.6 Å². The summed E-state index contributed by atoms with van der Waals surface area (Å²) in [6.45, 7) is 6.66. The topological polar surface area (TPSA) is 61.0 Å². The van der Waals surface area contributed by atoms with E-state index in [1.807, 2.05) is 6.92 Å². The van der Waals surface area contributed by atoms with Gasteiger partial charge in [0.05, 0.1) is 0 Å². The van der Waals surface area contributed by atoms with Crippen LogP contribution in [0.15, 0.2) is 10.9 Å². The number of nitrogens with zero attached hydrogens (tertiary/aromatic N) is 2. The Hall–Kier alpha value is -1.36. The predicted molar refractivity (Wildman–Crippen MR) is 59.3 cm³/mol. The molecule has 2 N–H and O–H groups in total. The van der Waals surface area contributed by atoms with Gasteiger partial charge in [0.1, 0.15) is 0 Å². The Labute approximate surface area is 88.5 Å². The SMILES string of the molecule is Cc1cc(=O)[nH]c(N2CCNC(C)C2)n1. The molecule has 0 bridgehead atoms. The third kappa shape index (κ3) is 2.36. The summed E-state index contributed by atoms with van der Waals surface area (Å²) in [6.07, 6.45) is 0. The van der Waals surface area contributed by atoms with Crippen LogP contribution < -0.4 is 15.8 Å². The van der Waals surface area contributed by atoms with Crippen LogP contribution in [0.2, 0.25) is 0 Å². The van der Waals surface area contributed by atoms with Crippen molar-refractivity contribution in [1.82, 2.24) is 15.3 Å². The van der Waals surface area contributed by atoms with Crippen molar-refractivity contribution in [2.75, 3.05) is 24.5 Å². The third-order valence-electron chi connectivity index (χ3n) is 2.53. The van der Waals surface area contributed by atoms with Crippen molar-refractivity contribution in [2.24, 2.45) is 0 Å². The monoisotopic (exact) mass is 208 g/mol. The number of aryl methyl sites for hydroxylation is 1. The molecule has 0 spiro atoms. The molecule has 1 aliphatic rings. The van der Waals surface area contributed by atoms with E-state index in [9.17, 15) is 4.79 Å². The number of rotatable bonds is 1. The van der Waals surface area contributed by atoms with Gasteiger partial charge >= 0.3 is 0 Å². The summed E-state index contributed by atoms with van der Waals surface area (Å²) in [4.78, 5) is 20.5. The van der Waals surface area contributed by atoms with E-state index in [0.717, 1.165) is 25.3 Å². The second-order valence-electron chi connectivity index (χ2n) is 4.01. The van der Waals surface area contributed by atoms with Gasteiger partial charge in [-0.1, -0.05) is 0 Å². The van der Waals surface area contributed by atoms with Gasteiger partial charge in [-0.25, -0.2) is 4.98 Å². The molecule has 5 heteroatoms. The molecule has 0 aliphatic carbocycles. The summed E-state index contributed by atoms with van der Waals surface area (Å²) in [7, 11) is 0. The molecule has 1 aromatic heterocycles. The number of aromatic amines is 1. The molecule has 0 saturated carbocycles. The second-order valence-corrected chi connectivity index (χ2v) is 4.01. The first kappa shape index (κ1) is 10.2. The van der Waals surface area contributed by atoms with Crippen LogP contribution in [0.4, 0.5) is 5.95 Å². The minimum absolute atomic E-state index is 0.0799. The highest BCUT2D eigenvalue weighted by molar-refractivity contribution is 5.31. The molecule has 0 amide bonds. The van der Waals surface area contributed by atoms with Gasteiger partial charge in [-0.15, -0.1) is 0 Å². The van der Waals surface area contributed by atoms with E-state index in [4.69, 9.17) is 0 Å². The van der Waals surface area contributed by atoms with Gasteiger partial charge in [-0.2, -0.15) is 0 Å². The van der Waals surface area contributed by atoms with E-state index in [0.29, 0.717) is 12.0 Å². The lowest BCUT2D eigenvalue weighted by Gasteiger charge is -2.32. The second kappa shape index (κ2) is 4.02. The molecule has 5 nitrogen and oxygen atoms in total. The standard InChI is InChI=1S/C10H16N4O/c1-7-5-9(15)13-10(12-7)14-4-3-11-8(2)6-14/h5,8,11H,3-4,6H2,1-2H3,(H,12,13,15). The number of aromatic nitrogens is 2. The van der Waals surface area contributed by atoms with E-state index in [2.05, 4.69) is 27.1 Å². The number of hydrogen-bond donors (Lipinski definition) is 2. The Morgan fingerprint density at radius 3 is 3.07 bits per heavy atom. The summed E-state index contributed by atoms with van der Waals surface area (Å²) in [5, 5.41) is 3.35. The van der Waals surface area contributed by atoms with Gasteiger partial charge in [-0.3, -0.25) is 9.78 Å². The zero-order valence-electron chi connectivity index (χ0n) is 9.08. The van der Waals surface area contributed by atoms with Crippen molar-refractivity contribution >= 4 is 5.95 Å². The molecule has 1 aliphatic heterocycles. The van der Waals surface area contributed by atoms with Gasteiger partial charge < -0.3 is 10.2 Å². The van der Waals surface area contributed by atoms with E-state index in [1.54, 1.807) is 0 Å². The molecular weight excluding hydrogens is 192 g/mol. The van der Waals surface area contributed by atoms with E-state index in [-0.39, 0.29) is 5.56 Å². The van der Waals surface area contributed by atoms with Crippen LogP contribution in [-0.2, 0) is 0 Å². The molecule has 2 rings (SSSR count). The lowest BCUT2D eigenvalue weighted by molar-refractivity contribution is 0.479. The summed E-state index contributed by atoms with van der Waals surface area (Å²) < 4.78 is 0. The summed E-state index contributed by atoms with van der Waals surface area (Å²) in [5.74, 6) is 0.688. The zero-order valence-corrected chi connectivity index (χ0v) is 9.08. The van der Waals surface area contributed by atoms with Crippen molar-refractivity contribution in [3.63, 3.8) is 0 Å². The molecule has 1 saturated heterocycles. The van der Waals surface area contributed by atoms with E-state index < -0.39 is 0 Å². The molecule has 0 radical (unpaired) electrons. The minimum atomic E-state index is -0.0799. The molecule has 1 aromatic rings. The summed E-state index contributed by atoms with van der Waals surface area (Å²) >= 11 is 0. The summed E-state index contributed by atoms with van der Waals surface area (Å²) in [5.41, 5.74) is 0.684. The van der Waals surface area contributed by atoms with Crippen LogP contribution in [0.3, 0.4) is 0 Å². The first-order valence-electron chi connectivity index (χ1n) is 5.21. The fourth-order valence-corrected chi connectivity index (χ4v) is 1.84. The molecule has 15 heavy (non-hydrogen) atoms. The quantitative estimate of drug-likeness (QED) is 0.675. The highest BCUT2D eigenvalue weighted by Crippen LogP contribution is 2.08. The molecule has 82 valence electrons. The smallest absolute Gasteiger partial charge is 0.252 e. The molecule has 0 aromatic carbocycles. The Balaban J connectivity index is 2.24. The van der Waals surface area contributed by atoms with Crippen LogP contribution in [0, 0.1) is 6.92 Å². The minimum Gasteiger partial charge on any atom is -0.340 e. The predicted octanol–water partition coefficient (Wildman–Crippen LogP) is -0.124. The van der Waals surface area contributed by atoms with Gasteiger partial charge in [0, 0.05) is 37.4 Å². The number of hydrogen-bond acceptors (Lipinski definition) is 4. The first-order chi connectivity index (χ1) is 7.15. The van der Waals surface area contributed by atoms with Gasteiger partial charge in [0.2, 0.25) is 5.95 Å².